The third-order valence-electron chi connectivity index (χ3n) is 4.06. The molecular formula is C18H20ClNO3S. The van der Waals surface area contributed by atoms with Gasteiger partial charge in [0.1, 0.15) is 0 Å². The van der Waals surface area contributed by atoms with E-state index in [-0.39, 0.29) is 12.2 Å². The fourth-order valence-corrected chi connectivity index (χ4v) is 4.65. The van der Waals surface area contributed by atoms with Gasteiger partial charge in [-0.3, -0.25) is 0 Å². The van der Waals surface area contributed by atoms with Crippen LogP contribution in [-0.2, 0) is 14.8 Å². The number of benzene rings is 2. The van der Waals surface area contributed by atoms with Crippen molar-refractivity contribution >= 4 is 21.6 Å². The Bertz CT molecular complexity index is 793. The number of halogens is 1. The normalized spacial score (nSPS) is 22.5. The van der Waals surface area contributed by atoms with Gasteiger partial charge in [-0.1, -0.05) is 35.9 Å². The highest BCUT2D eigenvalue weighted by atomic mass is 35.5. The Labute approximate surface area is 148 Å². The lowest BCUT2D eigenvalue weighted by molar-refractivity contribution is -0.0440. The smallest absolute Gasteiger partial charge is 0.243 e. The number of hydrogen-bond acceptors (Lipinski definition) is 3. The summed E-state index contributed by atoms with van der Waals surface area (Å²) in [5, 5.41) is 0.675. The van der Waals surface area contributed by atoms with Crippen molar-refractivity contribution in [2.75, 3.05) is 13.1 Å². The van der Waals surface area contributed by atoms with Crippen LogP contribution in [0.5, 0.6) is 0 Å². The van der Waals surface area contributed by atoms with E-state index in [9.17, 15) is 8.42 Å². The van der Waals surface area contributed by atoms with E-state index in [1.54, 1.807) is 12.1 Å². The lowest BCUT2D eigenvalue weighted by Gasteiger charge is -2.34. The molecule has 3 rings (SSSR count). The molecule has 128 valence electrons. The van der Waals surface area contributed by atoms with Crippen molar-refractivity contribution in [3.05, 3.63) is 53.6 Å². The third kappa shape index (κ3) is 3.64. The maximum atomic E-state index is 12.8. The third-order valence-corrected chi connectivity index (χ3v) is 6.15. The van der Waals surface area contributed by atoms with Crippen molar-refractivity contribution < 1.29 is 13.2 Å². The van der Waals surface area contributed by atoms with E-state index in [0.29, 0.717) is 23.0 Å². The predicted molar refractivity (Wildman–Crippen MR) is 95.7 cm³/mol. The van der Waals surface area contributed by atoms with Crippen LogP contribution in [0.2, 0.25) is 5.02 Å². The van der Waals surface area contributed by atoms with Gasteiger partial charge in [0.15, 0.2) is 0 Å². The molecule has 0 amide bonds. The Hall–Kier alpha value is -1.40. The number of rotatable bonds is 3. The maximum absolute atomic E-state index is 12.8. The molecule has 1 saturated heterocycles. The Morgan fingerprint density at radius 2 is 1.38 bits per heavy atom. The van der Waals surface area contributed by atoms with Gasteiger partial charge >= 0.3 is 0 Å². The fraction of sp³-hybridized carbons (Fsp3) is 0.333. The van der Waals surface area contributed by atoms with Crippen LogP contribution in [-0.4, -0.2) is 38.0 Å². The van der Waals surface area contributed by atoms with E-state index < -0.39 is 10.0 Å². The quantitative estimate of drug-likeness (QED) is 0.831. The highest BCUT2D eigenvalue weighted by molar-refractivity contribution is 7.89. The first kappa shape index (κ1) is 17.4. The van der Waals surface area contributed by atoms with Crippen molar-refractivity contribution in [3.63, 3.8) is 0 Å². The molecule has 2 atom stereocenters. The molecule has 0 radical (unpaired) electrons. The summed E-state index contributed by atoms with van der Waals surface area (Å²) in [6.07, 6.45) is -0.200. The van der Waals surface area contributed by atoms with E-state index in [4.69, 9.17) is 16.3 Å². The number of nitrogens with zero attached hydrogens (tertiary/aromatic N) is 1. The van der Waals surface area contributed by atoms with Gasteiger partial charge < -0.3 is 4.74 Å². The number of morpholine rings is 1. The number of hydrogen-bond donors (Lipinski definition) is 0. The van der Waals surface area contributed by atoms with Crippen LogP contribution in [0, 0.1) is 0 Å². The summed E-state index contributed by atoms with van der Waals surface area (Å²) in [4.78, 5) is 0.307. The first-order chi connectivity index (χ1) is 11.4. The van der Waals surface area contributed by atoms with Crippen molar-refractivity contribution in [2.45, 2.75) is 31.0 Å². The summed E-state index contributed by atoms with van der Waals surface area (Å²) < 4.78 is 32.8. The van der Waals surface area contributed by atoms with Crippen molar-refractivity contribution in [1.29, 1.82) is 0 Å². The van der Waals surface area contributed by atoms with Gasteiger partial charge in [-0.15, -0.1) is 0 Å². The summed E-state index contributed by atoms with van der Waals surface area (Å²) >= 11 is 5.90. The Kier molecular flexibility index (Phi) is 4.97. The monoisotopic (exact) mass is 365 g/mol. The van der Waals surface area contributed by atoms with Gasteiger partial charge in [-0.25, -0.2) is 8.42 Å². The molecule has 1 aliphatic heterocycles. The number of sulfonamides is 1. The molecule has 2 unspecified atom stereocenters. The zero-order valence-electron chi connectivity index (χ0n) is 13.6. The molecule has 0 spiro atoms. The summed E-state index contributed by atoms with van der Waals surface area (Å²) in [7, 11) is -3.50. The van der Waals surface area contributed by atoms with Gasteiger partial charge in [-0.2, -0.15) is 4.31 Å². The van der Waals surface area contributed by atoms with Gasteiger partial charge in [0.25, 0.3) is 0 Å². The van der Waals surface area contributed by atoms with E-state index >= 15 is 0 Å². The summed E-state index contributed by atoms with van der Waals surface area (Å²) in [5.74, 6) is 0. The zero-order chi connectivity index (χ0) is 17.3. The molecule has 2 aromatic carbocycles. The van der Waals surface area contributed by atoms with E-state index in [2.05, 4.69) is 0 Å². The molecule has 0 aliphatic carbocycles. The summed E-state index contributed by atoms with van der Waals surface area (Å²) in [5.41, 5.74) is 1.95. The van der Waals surface area contributed by atoms with Crippen LogP contribution in [0.3, 0.4) is 0 Å². The largest absolute Gasteiger partial charge is 0.373 e. The Morgan fingerprint density at radius 1 is 0.917 bits per heavy atom. The zero-order valence-corrected chi connectivity index (χ0v) is 15.2. The molecule has 1 fully saturated rings. The van der Waals surface area contributed by atoms with Crippen molar-refractivity contribution in [1.82, 2.24) is 4.31 Å². The van der Waals surface area contributed by atoms with E-state index in [1.807, 2.05) is 50.2 Å². The van der Waals surface area contributed by atoms with Gasteiger partial charge in [-0.05, 0) is 49.2 Å². The average molecular weight is 366 g/mol. The van der Waals surface area contributed by atoms with Crippen LogP contribution in [0.15, 0.2) is 53.4 Å². The molecule has 0 saturated carbocycles. The second-order valence-corrected chi connectivity index (χ2v) is 8.48. The molecule has 0 aromatic heterocycles. The molecule has 0 N–H and O–H groups in total. The lowest BCUT2D eigenvalue weighted by atomic mass is 10.1. The average Bonchev–Trinajstić information content (AvgIpc) is 2.55. The second kappa shape index (κ2) is 6.84. The van der Waals surface area contributed by atoms with Gasteiger partial charge in [0.05, 0.1) is 17.1 Å². The molecule has 4 nitrogen and oxygen atoms in total. The van der Waals surface area contributed by atoms with Crippen LogP contribution >= 0.6 is 11.6 Å². The molecule has 1 heterocycles. The standard InChI is InChI=1S/C18H20ClNO3S/c1-13-11-20(12-14(2)23-13)24(21,22)18-9-5-16(6-10-18)15-3-7-17(19)8-4-15/h3-10,13-14H,11-12H2,1-2H3. The molecule has 2 aromatic rings. The minimum Gasteiger partial charge on any atom is -0.373 e. The topological polar surface area (TPSA) is 46.6 Å². The van der Waals surface area contributed by atoms with Gasteiger partial charge in [0.2, 0.25) is 10.0 Å². The minimum atomic E-state index is -3.50. The van der Waals surface area contributed by atoms with E-state index in [0.717, 1.165) is 11.1 Å². The second-order valence-electron chi connectivity index (χ2n) is 6.11. The lowest BCUT2D eigenvalue weighted by Crippen LogP contribution is -2.48. The number of ether oxygens (including phenoxy) is 1. The molecule has 24 heavy (non-hydrogen) atoms. The van der Waals surface area contributed by atoms with Crippen LogP contribution in [0.1, 0.15) is 13.8 Å². The maximum Gasteiger partial charge on any atom is 0.243 e. The highest BCUT2D eigenvalue weighted by Crippen LogP contribution is 2.25. The SMILES string of the molecule is CC1CN(S(=O)(=O)c2ccc(-c3ccc(Cl)cc3)cc2)CC(C)O1. The molecule has 6 heteroatoms. The predicted octanol–water partition coefficient (Wildman–Crippen LogP) is 3.80. The molecule has 1 aliphatic rings. The van der Waals surface area contributed by atoms with Crippen molar-refractivity contribution in [3.8, 4) is 11.1 Å². The fourth-order valence-electron chi connectivity index (χ4n) is 2.94. The minimum absolute atomic E-state index is 0.100. The first-order valence-electron chi connectivity index (χ1n) is 7.88. The van der Waals surface area contributed by atoms with Crippen LogP contribution in [0.25, 0.3) is 11.1 Å². The highest BCUT2D eigenvalue weighted by Gasteiger charge is 2.32. The Balaban J connectivity index is 1.85. The molecular weight excluding hydrogens is 346 g/mol. The molecule has 0 bridgehead atoms. The van der Waals surface area contributed by atoms with Crippen molar-refractivity contribution in [2.24, 2.45) is 0 Å². The van der Waals surface area contributed by atoms with Gasteiger partial charge in [0, 0.05) is 18.1 Å². The Morgan fingerprint density at radius 3 is 1.88 bits per heavy atom. The summed E-state index contributed by atoms with van der Waals surface area (Å²) in [6.45, 7) is 4.54. The van der Waals surface area contributed by atoms with E-state index in [1.165, 1.54) is 4.31 Å². The van der Waals surface area contributed by atoms with Crippen LogP contribution in [0.4, 0.5) is 0 Å². The first-order valence-corrected chi connectivity index (χ1v) is 9.69. The van der Waals surface area contributed by atoms with Crippen LogP contribution < -0.4 is 0 Å². The summed E-state index contributed by atoms with van der Waals surface area (Å²) in [6, 6.07) is 14.4.